The Bertz CT molecular complexity index is 776. The second-order valence-electron chi connectivity index (χ2n) is 4.45. The lowest BCUT2D eigenvalue weighted by molar-refractivity contribution is -0.0861. The van der Waals surface area contributed by atoms with Gasteiger partial charge in [-0.1, -0.05) is 6.08 Å². The molecule has 0 aliphatic carbocycles. The molecule has 0 saturated carbocycles. The Morgan fingerprint density at radius 1 is 1.45 bits per heavy atom. The van der Waals surface area contributed by atoms with Crippen LogP contribution in [0.4, 0.5) is 13.2 Å². The monoisotopic (exact) mass is 352 g/mol. The Balaban J connectivity index is 2.56. The van der Waals surface area contributed by atoms with Crippen LogP contribution in [0.5, 0.6) is 0 Å². The molecule has 0 spiro atoms. The highest BCUT2D eigenvalue weighted by Gasteiger charge is 2.38. The quantitative estimate of drug-likeness (QED) is 0.800. The first kappa shape index (κ1) is 16.7. The maximum Gasteiger partial charge on any atom is 0.418 e. The predicted octanol–water partition coefficient (Wildman–Crippen LogP) is 2.14. The maximum absolute atomic E-state index is 12.8. The highest BCUT2D eigenvalue weighted by Crippen LogP contribution is 2.34. The van der Waals surface area contributed by atoms with Crippen LogP contribution in [0.2, 0.25) is 0 Å². The van der Waals surface area contributed by atoms with Gasteiger partial charge in [0.05, 0.1) is 26.8 Å². The van der Waals surface area contributed by atoms with E-state index in [-0.39, 0.29) is 26.9 Å². The van der Waals surface area contributed by atoms with E-state index in [4.69, 9.17) is 5.41 Å². The van der Waals surface area contributed by atoms with Gasteiger partial charge >= 0.3 is 6.18 Å². The highest BCUT2D eigenvalue weighted by molar-refractivity contribution is 7.91. The molecule has 0 radical (unpaired) electrons. The smallest absolute Gasteiger partial charge is 0.350 e. The zero-order chi connectivity index (χ0) is 16.7. The summed E-state index contributed by atoms with van der Waals surface area (Å²) in [5, 5.41) is 10.0. The molecule has 10 heteroatoms. The van der Waals surface area contributed by atoms with Gasteiger partial charge in [0.25, 0.3) is 5.91 Å². The Hall–Kier alpha value is -1.68. The Morgan fingerprint density at radius 2 is 2.09 bits per heavy atom. The molecular formula is C12H11F3N2O3S2. The van der Waals surface area contributed by atoms with Gasteiger partial charge in [-0.3, -0.25) is 10.2 Å². The van der Waals surface area contributed by atoms with Crippen LogP contribution in [0.15, 0.2) is 22.6 Å². The molecule has 0 aromatic carbocycles. The first-order valence-electron chi connectivity index (χ1n) is 6.05. The average Bonchev–Trinajstić information content (AvgIpc) is 2.79. The van der Waals surface area contributed by atoms with Crippen molar-refractivity contribution < 1.29 is 26.4 Å². The normalized spacial score (nSPS) is 18.4. The van der Waals surface area contributed by atoms with Gasteiger partial charge in [-0.25, -0.2) is 8.42 Å². The fourth-order valence-corrected chi connectivity index (χ4v) is 4.74. The van der Waals surface area contributed by atoms with E-state index in [1.807, 2.05) is 0 Å². The molecule has 1 amide bonds. The lowest BCUT2D eigenvalue weighted by atomic mass is 10.1. The minimum atomic E-state index is -4.73. The third kappa shape index (κ3) is 2.93. The molecule has 2 heterocycles. The number of thiophene rings is 1. The Morgan fingerprint density at radius 3 is 2.64 bits per heavy atom. The van der Waals surface area contributed by atoms with Gasteiger partial charge in [-0.2, -0.15) is 13.2 Å². The molecule has 1 aliphatic rings. The summed E-state index contributed by atoms with van der Waals surface area (Å²) in [7, 11) is -3.76. The third-order valence-electron chi connectivity index (χ3n) is 3.01. The van der Waals surface area contributed by atoms with E-state index in [1.54, 1.807) is 0 Å². The van der Waals surface area contributed by atoms with E-state index in [0.29, 0.717) is 11.3 Å². The van der Waals surface area contributed by atoms with E-state index in [0.717, 1.165) is 19.1 Å². The number of alkyl halides is 3. The van der Waals surface area contributed by atoms with Crippen LogP contribution in [0.3, 0.4) is 0 Å². The van der Waals surface area contributed by atoms with Crippen molar-refractivity contribution in [2.24, 2.45) is 0 Å². The summed E-state index contributed by atoms with van der Waals surface area (Å²) in [6, 6.07) is 0.970. The van der Waals surface area contributed by atoms with Crippen LogP contribution in [-0.2, 0) is 9.84 Å². The molecule has 2 N–H and O–H groups in total. The molecule has 0 saturated heterocycles. The Labute approximate surface area is 128 Å². The van der Waals surface area contributed by atoms with Gasteiger partial charge < -0.3 is 5.32 Å². The van der Waals surface area contributed by atoms with Crippen molar-refractivity contribution in [1.82, 2.24) is 5.32 Å². The fourth-order valence-electron chi connectivity index (χ4n) is 1.96. The zero-order valence-corrected chi connectivity index (χ0v) is 12.9. The van der Waals surface area contributed by atoms with Crippen molar-refractivity contribution in [3.8, 4) is 0 Å². The second kappa shape index (κ2) is 5.51. The topological polar surface area (TPSA) is 87.1 Å². The number of carbonyl (C=O) groups is 1. The molecular weight excluding hydrogens is 341 g/mol. The molecule has 120 valence electrons. The molecule has 0 fully saturated rings. The molecule has 0 bridgehead atoms. The van der Waals surface area contributed by atoms with Gasteiger partial charge in [-0.05, 0) is 13.0 Å². The number of nitrogens with one attached hydrogen (secondary N) is 2. The fraction of sp³-hybridized carbons (Fsp3) is 0.333. The SMILES string of the molecule is C/C=C(\C(=N)c1cc2c(s1)C(=O)NCCS2(=O)=O)C(F)(F)F. The molecule has 1 aromatic rings. The lowest BCUT2D eigenvalue weighted by Crippen LogP contribution is -2.24. The number of hydrogen-bond donors (Lipinski definition) is 2. The van der Waals surface area contributed by atoms with Crippen molar-refractivity contribution in [3.05, 3.63) is 27.5 Å². The summed E-state index contributed by atoms with van der Waals surface area (Å²) in [6.45, 7) is 1.08. The molecule has 2 rings (SSSR count). The summed E-state index contributed by atoms with van der Waals surface area (Å²) >= 11 is 0.570. The van der Waals surface area contributed by atoms with Crippen LogP contribution in [-0.4, -0.2) is 38.5 Å². The van der Waals surface area contributed by atoms with E-state index in [9.17, 15) is 26.4 Å². The van der Waals surface area contributed by atoms with Gasteiger partial charge in [0.2, 0.25) is 0 Å². The van der Waals surface area contributed by atoms with E-state index in [2.05, 4.69) is 5.32 Å². The van der Waals surface area contributed by atoms with E-state index >= 15 is 0 Å². The standard InChI is InChI=1S/C12H11F3N2O3S2/c1-2-6(12(13,14)15)9(16)7-5-8-10(21-7)11(18)17-3-4-22(8,19)20/h2,5,16H,3-4H2,1H3,(H,17,18)/b6-2+,16-9?. The Kier molecular flexibility index (Phi) is 4.18. The summed E-state index contributed by atoms with van der Waals surface area (Å²) in [6.07, 6.45) is -3.99. The van der Waals surface area contributed by atoms with Crippen molar-refractivity contribution >= 4 is 32.8 Å². The van der Waals surface area contributed by atoms with Crippen molar-refractivity contribution in [2.45, 2.75) is 18.0 Å². The zero-order valence-electron chi connectivity index (χ0n) is 11.2. The van der Waals surface area contributed by atoms with Gasteiger partial charge in [0, 0.05) is 6.54 Å². The largest absolute Gasteiger partial charge is 0.418 e. The van der Waals surface area contributed by atoms with Crippen LogP contribution >= 0.6 is 11.3 Å². The lowest BCUT2D eigenvalue weighted by Gasteiger charge is -2.11. The average molecular weight is 352 g/mol. The van der Waals surface area contributed by atoms with Crippen LogP contribution in [0, 0.1) is 5.41 Å². The number of halogens is 3. The molecule has 1 aromatic heterocycles. The summed E-state index contributed by atoms with van der Waals surface area (Å²) in [4.78, 5) is 11.1. The van der Waals surface area contributed by atoms with Crippen molar-refractivity contribution in [2.75, 3.05) is 12.3 Å². The third-order valence-corrected chi connectivity index (χ3v) is 6.02. The van der Waals surface area contributed by atoms with E-state index < -0.39 is 33.2 Å². The number of sulfone groups is 1. The number of allylic oxidation sites excluding steroid dienone is 2. The van der Waals surface area contributed by atoms with Gasteiger partial charge in [0.15, 0.2) is 9.84 Å². The summed E-state index contributed by atoms with van der Waals surface area (Å²) in [5.41, 5.74) is -2.03. The second-order valence-corrected chi connectivity index (χ2v) is 7.58. The predicted molar refractivity (Wildman–Crippen MR) is 75.3 cm³/mol. The molecule has 1 aliphatic heterocycles. The molecule has 0 atom stereocenters. The highest BCUT2D eigenvalue weighted by atomic mass is 32.2. The number of rotatable bonds is 2. The number of fused-ring (bicyclic) bond motifs is 1. The van der Waals surface area contributed by atoms with Crippen LogP contribution < -0.4 is 5.32 Å². The van der Waals surface area contributed by atoms with Gasteiger partial charge in [-0.15, -0.1) is 11.3 Å². The first-order valence-corrected chi connectivity index (χ1v) is 8.52. The van der Waals surface area contributed by atoms with Crippen molar-refractivity contribution in [3.63, 3.8) is 0 Å². The first-order chi connectivity index (χ1) is 10.1. The summed E-state index contributed by atoms with van der Waals surface area (Å²) in [5.74, 6) is -0.987. The van der Waals surface area contributed by atoms with E-state index in [1.165, 1.54) is 0 Å². The summed E-state index contributed by atoms with van der Waals surface area (Å²) < 4.78 is 62.5. The van der Waals surface area contributed by atoms with Crippen LogP contribution in [0.1, 0.15) is 21.5 Å². The maximum atomic E-state index is 12.8. The minimum absolute atomic E-state index is 0.0575. The molecule has 5 nitrogen and oxygen atoms in total. The number of hydrogen-bond acceptors (Lipinski definition) is 5. The van der Waals surface area contributed by atoms with Crippen molar-refractivity contribution in [1.29, 1.82) is 5.41 Å². The molecule has 0 unspecified atom stereocenters. The number of carbonyl (C=O) groups excluding carboxylic acids is 1. The van der Waals surface area contributed by atoms with Gasteiger partial charge in [0.1, 0.15) is 4.88 Å². The van der Waals surface area contributed by atoms with Crippen LogP contribution in [0.25, 0.3) is 0 Å². The molecule has 22 heavy (non-hydrogen) atoms. The number of amides is 1. The minimum Gasteiger partial charge on any atom is -0.350 e.